The number of anilines is 2. The lowest BCUT2D eigenvalue weighted by Gasteiger charge is -2.28. The van der Waals surface area contributed by atoms with E-state index in [1.54, 1.807) is 6.07 Å². The molecule has 6 nitrogen and oxygen atoms in total. The van der Waals surface area contributed by atoms with Gasteiger partial charge in [-0.25, -0.2) is 4.98 Å². The monoisotopic (exact) mass is 261 g/mol. The van der Waals surface area contributed by atoms with E-state index in [9.17, 15) is 5.11 Å². The molecule has 0 bridgehead atoms. The molecule has 19 heavy (non-hydrogen) atoms. The van der Waals surface area contributed by atoms with E-state index < -0.39 is 0 Å². The van der Waals surface area contributed by atoms with Crippen LogP contribution in [0, 0.1) is 11.3 Å². The van der Waals surface area contributed by atoms with Crippen molar-refractivity contribution >= 4 is 11.5 Å². The second-order valence-corrected chi connectivity index (χ2v) is 5.21. The average molecular weight is 261 g/mol. The van der Waals surface area contributed by atoms with Crippen LogP contribution in [-0.2, 0) is 0 Å². The Morgan fingerprint density at radius 3 is 2.95 bits per heavy atom. The number of nitrogens with two attached hydrogens (primary N) is 1. The first kappa shape index (κ1) is 13.6. The van der Waals surface area contributed by atoms with Crippen molar-refractivity contribution in [1.29, 1.82) is 5.26 Å². The van der Waals surface area contributed by atoms with E-state index in [-0.39, 0.29) is 12.1 Å². The third-order valence-electron chi connectivity index (χ3n) is 3.26. The van der Waals surface area contributed by atoms with Gasteiger partial charge in [-0.2, -0.15) is 5.26 Å². The van der Waals surface area contributed by atoms with Crippen molar-refractivity contribution in [3.05, 3.63) is 17.8 Å². The number of hydrogen-bond donors (Lipinski definition) is 2. The molecule has 0 aromatic carbocycles. The van der Waals surface area contributed by atoms with E-state index in [1.807, 2.05) is 25.1 Å². The summed E-state index contributed by atoms with van der Waals surface area (Å²) in [4.78, 5) is 8.38. The van der Waals surface area contributed by atoms with Gasteiger partial charge >= 0.3 is 0 Å². The standard InChI is InChI=1S/C13H19N5O/c1-17(2)7-10-4-11(19)8-18(10)13-12(15)3-9(5-14)6-16-13/h3,6,10-11,19H,4,7-8,15H2,1-2H3. The summed E-state index contributed by atoms with van der Waals surface area (Å²) in [7, 11) is 4.00. The molecule has 1 aliphatic heterocycles. The molecular formula is C13H19N5O. The third-order valence-corrected chi connectivity index (χ3v) is 3.26. The fourth-order valence-corrected chi connectivity index (χ4v) is 2.52. The minimum Gasteiger partial charge on any atom is -0.396 e. The summed E-state index contributed by atoms with van der Waals surface area (Å²) in [6, 6.07) is 3.83. The lowest BCUT2D eigenvalue weighted by molar-refractivity contribution is 0.191. The Balaban J connectivity index is 2.26. The van der Waals surface area contributed by atoms with Crippen LogP contribution in [0.25, 0.3) is 0 Å². The topological polar surface area (TPSA) is 89.4 Å². The maximum absolute atomic E-state index is 9.85. The van der Waals surface area contributed by atoms with E-state index in [4.69, 9.17) is 11.0 Å². The summed E-state index contributed by atoms with van der Waals surface area (Å²) in [5.41, 5.74) is 6.90. The number of aromatic nitrogens is 1. The molecule has 2 heterocycles. The molecule has 0 saturated carbocycles. The first-order valence-electron chi connectivity index (χ1n) is 6.26. The Bertz CT molecular complexity index is 496. The van der Waals surface area contributed by atoms with E-state index in [0.717, 1.165) is 6.54 Å². The Morgan fingerprint density at radius 1 is 1.63 bits per heavy atom. The minimum atomic E-state index is -0.359. The number of nitrogen functional groups attached to an aromatic ring is 1. The number of nitrogens with zero attached hydrogens (tertiary/aromatic N) is 4. The van der Waals surface area contributed by atoms with E-state index in [0.29, 0.717) is 30.0 Å². The second kappa shape index (κ2) is 5.43. The van der Waals surface area contributed by atoms with E-state index in [1.165, 1.54) is 6.20 Å². The molecule has 1 saturated heterocycles. The van der Waals surface area contributed by atoms with Crippen LogP contribution < -0.4 is 10.6 Å². The Hall–Kier alpha value is -1.84. The molecule has 2 unspecified atom stereocenters. The van der Waals surface area contributed by atoms with Crippen LogP contribution in [-0.4, -0.2) is 54.3 Å². The molecule has 0 aliphatic carbocycles. The molecule has 2 rings (SSSR count). The van der Waals surface area contributed by atoms with Crippen molar-refractivity contribution in [2.24, 2.45) is 0 Å². The van der Waals surface area contributed by atoms with Crippen LogP contribution in [0.5, 0.6) is 0 Å². The molecule has 1 aromatic heterocycles. The zero-order chi connectivity index (χ0) is 14.0. The van der Waals surface area contributed by atoms with Gasteiger partial charge in [0.2, 0.25) is 0 Å². The lowest BCUT2D eigenvalue weighted by Crippen LogP contribution is -2.38. The van der Waals surface area contributed by atoms with Crippen molar-refractivity contribution in [1.82, 2.24) is 9.88 Å². The van der Waals surface area contributed by atoms with Gasteiger partial charge in [0, 0.05) is 25.3 Å². The summed E-state index contributed by atoms with van der Waals surface area (Å²) in [6.45, 7) is 1.36. The molecule has 0 radical (unpaired) electrons. The minimum absolute atomic E-state index is 0.188. The smallest absolute Gasteiger partial charge is 0.152 e. The normalized spacial score (nSPS) is 22.8. The van der Waals surface area contributed by atoms with E-state index >= 15 is 0 Å². The highest BCUT2D eigenvalue weighted by atomic mass is 16.3. The molecule has 102 valence electrons. The van der Waals surface area contributed by atoms with Crippen molar-refractivity contribution in [3.8, 4) is 6.07 Å². The number of aliphatic hydroxyl groups is 1. The Kier molecular flexibility index (Phi) is 3.88. The number of pyridine rings is 1. The molecule has 0 amide bonds. The number of likely N-dealkylation sites (N-methyl/N-ethyl adjacent to an activating group) is 1. The number of aliphatic hydroxyl groups excluding tert-OH is 1. The molecule has 1 aliphatic rings. The third kappa shape index (κ3) is 2.95. The van der Waals surface area contributed by atoms with Crippen LogP contribution in [0.15, 0.2) is 12.3 Å². The van der Waals surface area contributed by atoms with Gasteiger partial charge in [-0.05, 0) is 26.6 Å². The zero-order valence-corrected chi connectivity index (χ0v) is 11.2. The summed E-state index contributed by atoms with van der Waals surface area (Å²) in [6.07, 6.45) is 1.87. The largest absolute Gasteiger partial charge is 0.396 e. The van der Waals surface area contributed by atoms with Crippen LogP contribution in [0.2, 0.25) is 0 Å². The van der Waals surface area contributed by atoms with Crippen LogP contribution in [0.4, 0.5) is 11.5 Å². The maximum Gasteiger partial charge on any atom is 0.152 e. The fourth-order valence-electron chi connectivity index (χ4n) is 2.52. The van der Waals surface area contributed by atoms with Crippen molar-refractivity contribution in [2.75, 3.05) is 37.8 Å². The fraction of sp³-hybridized carbons (Fsp3) is 0.538. The summed E-state index contributed by atoms with van der Waals surface area (Å²) >= 11 is 0. The van der Waals surface area contributed by atoms with Crippen LogP contribution in [0.3, 0.4) is 0 Å². The number of hydrogen-bond acceptors (Lipinski definition) is 6. The molecule has 3 N–H and O–H groups in total. The number of nitriles is 1. The summed E-state index contributed by atoms with van der Waals surface area (Å²) in [5.74, 6) is 0.655. The Labute approximate surface area is 113 Å². The predicted octanol–water partition coefficient (Wildman–Crippen LogP) is 0.0367. The van der Waals surface area contributed by atoms with Crippen LogP contribution in [0.1, 0.15) is 12.0 Å². The van der Waals surface area contributed by atoms with Gasteiger partial charge in [0.25, 0.3) is 0 Å². The van der Waals surface area contributed by atoms with Crippen molar-refractivity contribution < 1.29 is 5.11 Å². The van der Waals surface area contributed by atoms with Gasteiger partial charge in [0.05, 0.1) is 17.4 Å². The van der Waals surface area contributed by atoms with Gasteiger partial charge < -0.3 is 20.6 Å². The highest BCUT2D eigenvalue weighted by Crippen LogP contribution is 2.29. The molecule has 2 atom stereocenters. The van der Waals surface area contributed by atoms with Gasteiger partial charge in [-0.3, -0.25) is 0 Å². The molecule has 1 aromatic rings. The molecule has 0 spiro atoms. The Morgan fingerprint density at radius 2 is 2.37 bits per heavy atom. The van der Waals surface area contributed by atoms with Crippen LogP contribution >= 0.6 is 0 Å². The molecule has 1 fully saturated rings. The van der Waals surface area contributed by atoms with E-state index in [2.05, 4.69) is 9.88 Å². The second-order valence-electron chi connectivity index (χ2n) is 5.21. The van der Waals surface area contributed by atoms with Gasteiger partial charge in [0.15, 0.2) is 5.82 Å². The maximum atomic E-state index is 9.85. The first-order chi connectivity index (χ1) is 9.01. The quantitative estimate of drug-likeness (QED) is 0.798. The highest BCUT2D eigenvalue weighted by Gasteiger charge is 2.33. The average Bonchev–Trinajstić information content (AvgIpc) is 2.69. The first-order valence-corrected chi connectivity index (χ1v) is 6.26. The number of β-amino-alcohol motifs (C(OH)–C–C–N with tert-alkyl or cyclic N) is 1. The summed E-state index contributed by atoms with van der Waals surface area (Å²) in [5, 5.41) is 18.7. The van der Waals surface area contributed by atoms with Crippen molar-refractivity contribution in [3.63, 3.8) is 0 Å². The number of rotatable bonds is 3. The predicted molar refractivity (Wildman–Crippen MR) is 73.7 cm³/mol. The van der Waals surface area contributed by atoms with Gasteiger partial charge in [0.1, 0.15) is 6.07 Å². The molecule has 6 heteroatoms. The van der Waals surface area contributed by atoms with Gasteiger partial charge in [-0.1, -0.05) is 0 Å². The SMILES string of the molecule is CN(C)CC1CC(O)CN1c1ncc(C#N)cc1N. The van der Waals surface area contributed by atoms with Crippen molar-refractivity contribution in [2.45, 2.75) is 18.6 Å². The summed E-state index contributed by atoms with van der Waals surface area (Å²) < 4.78 is 0. The van der Waals surface area contributed by atoms with Gasteiger partial charge in [-0.15, -0.1) is 0 Å². The lowest BCUT2D eigenvalue weighted by atomic mass is 10.2. The zero-order valence-electron chi connectivity index (χ0n) is 11.2. The highest BCUT2D eigenvalue weighted by molar-refractivity contribution is 5.65. The molecular weight excluding hydrogens is 242 g/mol.